The van der Waals surface area contributed by atoms with Crippen LogP contribution in [0.3, 0.4) is 0 Å². The molecular formula is C25H17Cl2FN2O4S2. The number of rotatable bonds is 7. The zero-order valence-electron chi connectivity index (χ0n) is 18.6. The fraction of sp³-hybridized carbons (Fsp3) is 0.0800. The van der Waals surface area contributed by atoms with Crippen LogP contribution in [0.15, 0.2) is 65.6 Å². The van der Waals surface area contributed by atoms with Crippen LogP contribution < -0.4 is 19.7 Å². The predicted molar refractivity (Wildman–Crippen MR) is 146 cm³/mol. The van der Waals surface area contributed by atoms with Crippen LogP contribution in [-0.4, -0.2) is 29.9 Å². The van der Waals surface area contributed by atoms with E-state index in [2.05, 4.69) is 5.32 Å². The van der Waals surface area contributed by atoms with Gasteiger partial charge in [0.25, 0.3) is 11.8 Å². The summed E-state index contributed by atoms with van der Waals surface area (Å²) in [7, 11) is 1.46. The summed E-state index contributed by atoms with van der Waals surface area (Å²) in [4.78, 5) is 27.0. The quantitative estimate of drug-likeness (QED) is 0.259. The maximum absolute atomic E-state index is 13.3. The van der Waals surface area contributed by atoms with Crippen LogP contribution >= 0.6 is 47.2 Å². The van der Waals surface area contributed by atoms with E-state index in [1.807, 2.05) is 0 Å². The first-order valence-electron chi connectivity index (χ1n) is 10.3. The Morgan fingerprint density at radius 2 is 1.89 bits per heavy atom. The highest BCUT2D eigenvalue weighted by Crippen LogP contribution is 2.37. The lowest BCUT2D eigenvalue weighted by Crippen LogP contribution is -2.27. The van der Waals surface area contributed by atoms with Crippen molar-refractivity contribution in [1.29, 1.82) is 0 Å². The lowest BCUT2D eigenvalue weighted by Gasteiger charge is -2.14. The van der Waals surface area contributed by atoms with Gasteiger partial charge in [0.15, 0.2) is 22.4 Å². The average Bonchev–Trinajstić information content (AvgIpc) is 3.14. The van der Waals surface area contributed by atoms with Crippen LogP contribution in [0.1, 0.15) is 5.56 Å². The third-order valence-electron chi connectivity index (χ3n) is 4.95. The standard InChI is InChI=1S/C25H17Cl2FN2O4S2/c1-33-20-11-14(12-21-24(32)30(25(35)36-21)16-8-6-15(28)7-9-16)5-10-19(20)34-13-22(31)29-18-4-2-3-17(26)23(18)27/h2-12H,13H2,1H3,(H,29,31). The van der Waals surface area contributed by atoms with Crippen molar-refractivity contribution in [2.75, 3.05) is 23.9 Å². The van der Waals surface area contributed by atoms with Crippen LogP contribution in [0.5, 0.6) is 11.5 Å². The second-order valence-electron chi connectivity index (χ2n) is 7.34. The fourth-order valence-corrected chi connectivity index (χ4v) is 4.90. The molecule has 1 N–H and O–H groups in total. The third-order valence-corrected chi connectivity index (χ3v) is 7.07. The number of nitrogens with one attached hydrogen (secondary N) is 1. The molecule has 2 amide bonds. The van der Waals surface area contributed by atoms with Crippen molar-refractivity contribution in [2.24, 2.45) is 0 Å². The number of thioether (sulfide) groups is 1. The zero-order valence-corrected chi connectivity index (χ0v) is 21.7. The minimum Gasteiger partial charge on any atom is -0.493 e. The Balaban J connectivity index is 1.45. The number of methoxy groups -OCH3 is 1. The molecule has 184 valence electrons. The molecular weight excluding hydrogens is 546 g/mol. The summed E-state index contributed by atoms with van der Waals surface area (Å²) in [6, 6.07) is 15.5. The van der Waals surface area contributed by atoms with Gasteiger partial charge < -0.3 is 14.8 Å². The highest BCUT2D eigenvalue weighted by Gasteiger charge is 2.33. The van der Waals surface area contributed by atoms with Crippen molar-refractivity contribution in [3.8, 4) is 11.5 Å². The Morgan fingerprint density at radius 1 is 1.14 bits per heavy atom. The maximum atomic E-state index is 13.3. The Kier molecular flexibility index (Phi) is 8.15. The summed E-state index contributed by atoms with van der Waals surface area (Å²) in [5, 5.41) is 3.20. The van der Waals surface area contributed by atoms with Crippen molar-refractivity contribution < 1.29 is 23.5 Å². The van der Waals surface area contributed by atoms with E-state index >= 15 is 0 Å². The average molecular weight is 563 g/mol. The van der Waals surface area contributed by atoms with Gasteiger partial charge in [0.05, 0.1) is 33.4 Å². The summed E-state index contributed by atoms with van der Waals surface area (Å²) >= 11 is 18.6. The summed E-state index contributed by atoms with van der Waals surface area (Å²) in [5.74, 6) is -0.450. The largest absolute Gasteiger partial charge is 0.493 e. The molecule has 1 saturated heterocycles. The van der Waals surface area contributed by atoms with E-state index in [4.69, 9.17) is 44.9 Å². The molecule has 0 spiro atoms. The monoisotopic (exact) mass is 562 g/mol. The van der Waals surface area contributed by atoms with Crippen LogP contribution in [0, 0.1) is 5.82 Å². The number of carbonyl (C=O) groups excluding carboxylic acids is 2. The molecule has 1 aliphatic rings. The van der Waals surface area contributed by atoms with Gasteiger partial charge in [-0.25, -0.2) is 4.39 Å². The number of anilines is 2. The smallest absolute Gasteiger partial charge is 0.270 e. The van der Waals surface area contributed by atoms with Crippen molar-refractivity contribution in [3.63, 3.8) is 0 Å². The van der Waals surface area contributed by atoms with Crippen molar-refractivity contribution in [3.05, 3.63) is 87.0 Å². The zero-order chi connectivity index (χ0) is 25.8. The van der Waals surface area contributed by atoms with Crippen molar-refractivity contribution in [1.82, 2.24) is 0 Å². The van der Waals surface area contributed by atoms with Crippen LogP contribution in [-0.2, 0) is 9.59 Å². The molecule has 3 aromatic carbocycles. The second kappa shape index (κ2) is 11.3. The first-order valence-corrected chi connectivity index (χ1v) is 12.3. The molecule has 4 rings (SSSR count). The lowest BCUT2D eigenvalue weighted by atomic mass is 10.2. The number of hydrogen-bond acceptors (Lipinski definition) is 6. The molecule has 6 nitrogen and oxygen atoms in total. The molecule has 0 radical (unpaired) electrons. The van der Waals surface area contributed by atoms with E-state index in [0.717, 1.165) is 11.8 Å². The number of halogens is 3. The van der Waals surface area contributed by atoms with Gasteiger partial charge in [-0.2, -0.15) is 0 Å². The molecule has 1 fully saturated rings. The van der Waals surface area contributed by atoms with Crippen molar-refractivity contribution in [2.45, 2.75) is 0 Å². The molecule has 11 heteroatoms. The summed E-state index contributed by atoms with van der Waals surface area (Å²) in [5.41, 5.74) is 1.52. The maximum Gasteiger partial charge on any atom is 0.270 e. The molecule has 0 aromatic heterocycles. The first-order chi connectivity index (χ1) is 17.3. The van der Waals surface area contributed by atoms with Gasteiger partial charge in [0, 0.05) is 0 Å². The van der Waals surface area contributed by atoms with Crippen LogP contribution in [0.2, 0.25) is 10.0 Å². The number of amides is 2. The Labute approximate surface area is 226 Å². The van der Waals surface area contributed by atoms with Gasteiger partial charge in [-0.3, -0.25) is 14.5 Å². The summed E-state index contributed by atoms with van der Waals surface area (Å²) in [6.07, 6.45) is 1.67. The van der Waals surface area contributed by atoms with Crippen molar-refractivity contribution >= 4 is 80.8 Å². The van der Waals surface area contributed by atoms with Gasteiger partial charge in [-0.05, 0) is 60.2 Å². The lowest BCUT2D eigenvalue weighted by molar-refractivity contribution is -0.118. The fourth-order valence-electron chi connectivity index (χ4n) is 3.25. The van der Waals surface area contributed by atoms with Gasteiger partial charge in [-0.1, -0.05) is 59.3 Å². The number of thiocarbonyl (C=S) groups is 1. The molecule has 0 atom stereocenters. The number of carbonyl (C=O) groups is 2. The van der Waals surface area contributed by atoms with Crippen LogP contribution in [0.25, 0.3) is 6.08 Å². The minimum absolute atomic E-state index is 0.235. The minimum atomic E-state index is -0.435. The number of benzene rings is 3. The number of ether oxygens (including phenoxy) is 2. The van der Waals surface area contributed by atoms with E-state index in [1.165, 1.54) is 36.3 Å². The molecule has 0 aliphatic carbocycles. The van der Waals surface area contributed by atoms with Gasteiger partial charge in [0.1, 0.15) is 5.82 Å². The first kappa shape index (κ1) is 26.0. The molecule has 1 aliphatic heterocycles. The second-order valence-corrected chi connectivity index (χ2v) is 9.80. The Morgan fingerprint density at radius 3 is 2.61 bits per heavy atom. The molecule has 36 heavy (non-hydrogen) atoms. The SMILES string of the molecule is COc1cc(C=C2SC(=S)N(c3ccc(F)cc3)C2=O)ccc1OCC(=O)Nc1cccc(Cl)c1Cl. The Bertz CT molecular complexity index is 1380. The molecule has 1 heterocycles. The normalized spacial score (nSPS) is 14.3. The molecule has 3 aromatic rings. The molecule has 0 saturated carbocycles. The molecule has 0 bridgehead atoms. The van der Waals surface area contributed by atoms with E-state index in [0.29, 0.717) is 42.7 Å². The van der Waals surface area contributed by atoms with E-state index < -0.39 is 11.7 Å². The molecule has 0 unspecified atom stereocenters. The topological polar surface area (TPSA) is 67.9 Å². The van der Waals surface area contributed by atoms with E-state index in [9.17, 15) is 14.0 Å². The van der Waals surface area contributed by atoms with Gasteiger partial charge in [0.2, 0.25) is 0 Å². The van der Waals surface area contributed by atoms with Gasteiger partial charge in [-0.15, -0.1) is 0 Å². The number of hydrogen-bond donors (Lipinski definition) is 1. The highest BCUT2D eigenvalue weighted by atomic mass is 35.5. The highest BCUT2D eigenvalue weighted by molar-refractivity contribution is 8.27. The third kappa shape index (κ3) is 5.82. The summed E-state index contributed by atoms with van der Waals surface area (Å²) < 4.78 is 24.6. The van der Waals surface area contributed by atoms with E-state index in [1.54, 1.807) is 42.5 Å². The van der Waals surface area contributed by atoms with Crippen LogP contribution in [0.4, 0.5) is 15.8 Å². The predicted octanol–water partition coefficient (Wildman–Crippen LogP) is 6.56. The summed E-state index contributed by atoms with van der Waals surface area (Å²) in [6.45, 7) is -0.297. The number of nitrogens with zero attached hydrogens (tertiary/aromatic N) is 1. The van der Waals surface area contributed by atoms with Gasteiger partial charge >= 0.3 is 0 Å². The Hall–Kier alpha value is -3.11. The van der Waals surface area contributed by atoms with E-state index in [-0.39, 0.29) is 17.5 Å².